The predicted octanol–water partition coefficient (Wildman–Crippen LogP) is 10.1. The summed E-state index contributed by atoms with van der Waals surface area (Å²) in [6.45, 7) is 35.4. The van der Waals surface area contributed by atoms with Crippen LogP contribution in [0.25, 0.3) is 0 Å². The first-order chi connectivity index (χ1) is 12.0. The molecule has 0 saturated carbocycles. The molecule has 168 valence electrons. The summed E-state index contributed by atoms with van der Waals surface area (Å²) in [6, 6.07) is 8.81. The van der Waals surface area contributed by atoms with Gasteiger partial charge in [0.15, 0.2) is 0 Å². The zero-order chi connectivity index (χ0) is 23.4. The van der Waals surface area contributed by atoms with E-state index in [1.807, 2.05) is 0 Å². The Morgan fingerprint density at radius 1 is 0.536 bits per heavy atom. The minimum atomic E-state index is 0.398. The van der Waals surface area contributed by atoms with Crippen LogP contribution in [0.5, 0.6) is 0 Å². The van der Waals surface area contributed by atoms with Crippen molar-refractivity contribution in [2.24, 2.45) is 21.7 Å². The Balaban J connectivity index is -0.000000331. The second kappa shape index (κ2) is 13.4. The van der Waals surface area contributed by atoms with Crippen LogP contribution in [0, 0.1) is 28.6 Å². The zero-order valence-electron chi connectivity index (χ0n) is 22.7. The molecular weight excluding hydrogens is 336 g/mol. The van der Waals surface area contributed by atoms with Crippen molar-refractivity contribution in [3.8, 4) is 0 Å². The molecule has 0 nitrogen and oxygen atoms in total. The second-order valence-electron chi connectivity index (χ2n) is 13.6. The maximum Gasteiger partial charge on any atom is -0.0230 e. The second-order valence-corrected chi connectivity index (χ2v) is 13.6. The molecule has 0 aliphatic heterocycles. The molecular formula is C28H56. The van der Waals surface area contributed by atoms with Gasteiger partial charge in [-0.15, -0.1) is 0 Å². The predicted molar refractivity (Wildman–Crippen MR) is 134 cm³/mol. The first-order valence-corrected chi connectivity index (χ1v) is 11.1. The first-order valence-electron chi connectivity index (χ1n) is 11.1. The third-order valence-corrected chi connectivity index (χ3v) is 2.92. The first kappa shape index (κ1) is 31.9. The van der Waals surface area contributed by atoms with E-state index in [9.17, 15) is 0 Å². The lowest BCUT2D eigenvalue weighted by Gasteiger charge is -2.17. The quantitative estimate of drug-likeness (QED) is 0.446. The van der Waals surface area contributed by atoms with Crippen LogP contribution in [-0.4, -0.2) is 0 Å². The van der Waals surface area contributed by atoms with E-state index in [-0.39, 0.29) is 0 Å². The molecule has 0 heteroatoms. The van der Waals surface area contributed by atoms with Crippen molar-refractivity contribution in [2.75, 3.05) is 0 Å². The van der Waals surface area contributed by atoms with Crippen LogP contribution >= 0.6 is 0 Å². The van der Waals surface area contributed by atoms with Gasteiger partial charge < -0.3 is 0 Å². The summed E-state index contributed by atoms with van der Waals surface area (Å²) < 4.78 is 0. The molecule has 0 amide bonds. The van der Waals surface area contributed by atoms with E-state index in [4.69, 9.17) is 0 Å². The average molecular weight is 393 g/mol. The molecule has 0 atom stereocenters. The minimum Gasteiger partial charge on any atom is -0.0649 e. The van der Waals surface area contributed by atoms with Gasteiger partial charge >= 0.3 is 0 Å². The van der Waals surface area contributed by atoms with Gasteiger partial charge in [-0.3, -0.25) is 0 Å². The Kier molecular flexibility index (Phi) is 15.3. The summed E-state index contributed by atoms with van der Waals surface area (Å²) in [5.41, 5.74) is 4.72. The number of benzene rings is 1. The normalized spacial score (nSPS) is 11.9. The van der Waals surface area contributed by atoms with E-state index in [2.05, 4.69) is 135 Å². The van der Waals surface area contributed by atoms with Crippen molar-refractivity contribution in [1.29, 1.82) is 0 Å². The molecule has 0 unspecified atom stereocenters. The highest BCUT2D eigenvalue weighted by Gasteiger charge is 2.10. The van der Waals surface area contributed by atoms with Crippen LogP contribution in [0.2, 0.25) is 0 Å². The van der Waals surface area contributed by atoms with Gasteiger partial charge in [0, 0.05) is 0 Å². The zero-order valence-corrected chi connectivity index (χ0v) is 22.7. The third-order valence-electron chi connectivity index (χ3n) is 2.92. The van der Waals surface area contributed by atoms with Gasteiger partial charge in [-0.25, -0.2) is 0 Å². The van der Waals surface area contributed by atoms with Crippen LogP contribution in [0.4, 0.5) is 0 Å². The lowest BCUT2D eigenvalue weighted by atomic mass is 9.88. The maximum atomic E-state index is 2.27. The highest BCUT2D eigenvalue weighted by atomic mass is 14.2. The lowest BCUT2D eigenvalue weighted by Crippen LogP contribution is -2.08. The molecule has 0 saturated heterocycles. The highest BCUT2D eigenvalue weighted by molar-refractivity contribution is 5.22. The summed E-state index contributed by atoms with van der Waals surface area (Å²) in [6.07, 6.45) is 2.43. The summed E-state index contributed by atoms with van der Waals surface area (Å²) in [7, 11) is 0. The Hall–Kier alpha value is -0.780. The summed E-state index contributed by atoms with van der Waals surface area (Å²) in [5.74, 6) is 0. The van der Waals surface area contributed by atoms with Gasteiger partial charge in [-0.2, -0.15) is 0 Å². The SMILES string of the molecule is CC(C)(C)C.CC(C)(C)C.CCC(C)(C)C.Cc1ccc(CC(C)(C)C)cc1. The van der Waals surface area contributed by atoms with Crippen molar-refractivity contribution in [3.63, 3.8) is 0 Å². The highest BCUT2D eigenvalue weighted by Crippen LogP contribution is 2.20. The number of hydrogen-bond acceptors (Lipinski definition) is 0. The van der Waals surface area contributed by atoms with Gasteiger partial charge in [-0.05, 0) is 40.6 Å². The van der Waals surface area contributed by atoms with Crippen molar-refractivity contribution < 1.29 is 0 Å². The number of hydrogen-bond donors (Lipinski definition) is 0. The van der Waals surface area contributed by atoms with Gasteiger partial charge in [0.2, 0.25) is 0 Å². The molecule has 0 aliphatic rings. The maximum absolute atomic E-state index is 2.27. The molecule has 1 aromatic rings. The van der Waals surface area contributed by atoms with E-state index in [1.165, 1.54) is 17.5 Å². The average Bonchev–Trinajstić information content (AvgIpc) is 2.36. The Bertz CT molecular complexity index is 437. The summed E-state index contributed by atoms with van der Waals surface area (Å²) in [4.78, 5) is 0. The molecule has 0 N–H and O–H groups in total. The molecule has 28 heavy (non-hydrogen) atoms. The minimum absolute atomic E-state index is 0.398. The topological polar surface area (TPSA) is 0 Å². The van der Waals surface area contributed by atoms with E-state index >= 15 is 0 Å². The molecule has 0 radical (unpaired) electrons. The fraction of sp³-hybridized carbons (Fsp3) is 0.786. The van der Waals surface area contributed by atoms with Gasteiger partial charge in [-0.1, -0.05) is 140 Å². The molecule has 0 spiro atoms. The van der Waals surface area contributed by atoms with Crippen molar-refractivity contribution >= 4 is 0 Å². The van der Waals surface area contributed by atoms with Gasteiger partial charge in [0.05, 0.1) is 0 Å². The Morgan fingerprint density at radius 3 is 0.964 bits per heavy atom. The summed E-state index contributed by atoms with van der Waals surface area (Å²) >= 11 is 0. The lowest BCUT2D eigenvalue weighted by molar-refractivity contribution is 0.398. The largest absolute Gasteiger partial charge is 0.0649 e. The van der Waals surface area contributed by atoms with Crippen LogP contribution in [0.15, 0.2) is 24.3 Å². The smallest absolute Gasteiger partial charge is 0.0230 e. The van der Waals surface area contributed by atoms with Crippen LogP contribution < -0.4 is 0 Å². The molecule has 0 heterocycles. The van der Waals surface area contributed by atoms with E-state index in [0.717, 1.165) is 6.42 Å². The molecule has 0 fully saturated rings. The fourth-order valence-corrected chi connectivity index (χ4v) is 1.32. The molecule has 1 aromatic carbocycles. The Labute approximate surface area is 180 Å². The van der Waals surface area contributed by atoms with Crippen molar-refractivity contribution in [1.82, 2.24) is 0 Å². The molecule has 1 rings (SSSR count). The monoisotopic (exact) mass is 392 g/mol. The molecule has 0 aromatic heterocycles. The van der Waals surface area contributed by atoms with Crippen molar-refractivity contribution in [2.45, 2.75) is 124 Å². The van der Waals surface area contributed by atoms with Crippen LogP contribution in [-0.2, 0) is 6.42 Å². The standard InChI is InChI=1S/C12H18.C6H14.2C5H12/c1-10-5-7-11(8-6-10)9-12(2,3)4;1-5-6(2,3)4;2*1-5(2,3)4/h5-8H,9H2,1-4H3;5H2,1-4H3;2*1-4H3. The van der Waals surface area contributed by atoms with E-state index in [1.54, 1.807) is 0 Å². The third kappa shape index (κ3) is 49.9. The Morgan fingerprint density at radius 2 is 0.786 bits per heavy atom. The molecule has 0 bridgehead atoms. The van der Waals surface area contributed by atoms with Gasteiger partial charge in [0.1, 0.15) is 0 Å². The van der Waals surface area contributed by atoms with Crippen LogP contribution in [0.1, 0.15) is 121 Å². The number of aryl methyl sites for hydroxylation is 1. The van der Waals surface area contributed by atoms with Gasteiger partial charge in [0.25, 0.3) is 0 Å². The summed E-state index contributed by atoms with van der Waals surface area (Å²) in [5, 5.41) is 0. The van der Waals surface area contributed by atoms with E-state index < -0.39 is 0 Å². The van der Waals surface area contributed by atoms with Crippen LogP contribution in [0.3, 0.4) is 0 Å². The van der Waals surface area contributed by atoms with Crippen molar-refractivity contribution in [3.05, 3.63) is 35.4 Å². The van der Waals surface area contributed by atoms with E-state index in [0.29, 0.717) is 21.7 Å². The number of rotatable bonds is 1. The fourth-order valence-electron chi connectivity index (χ4n) is 1.32. The molecule has 0 aliphatic carbocycles.